The van der Waals surface area contributed by atoms with E-state index in [4.69, 9.17) is 0 Å². The SMILES string of the molecule is c1cn[nH]c1.c1cn[nH]c1.c1cn[nH]c1. The highest BCUT2D eigenvalue weighted by molar-refractivity contribution is 4.73. The van der Waals surface area contributed by atoms with Gasteiger partial charge in [0.2, 0.25) is 0 Å². The summed E-state index contributed by atoms with van der Waals surface area (Å²) in [4.78, 5) is 0. The minimum Gasteiger partial charge on any atom is -0.286 e. The zero-order valence-electron chi connectivity index (χ0n) is 8.04. The maximum absolute atomic E-state index is 3.60. The molecule has 3 rings (SSSR count). The molecule has 78 valence electrons. The van der Waals surface area contributed by atoms with E-state index < -0.39 is 0 Å². The van der Waals surface area contributed by atoms with Crippen LogP contribution in [0.25, 0.3) is 0 Å². The summed E-state index contributed by atoms with van der Waals surface area (Å²) < 4.78 is 0. The maximum Gasteiger partial charge on any atom is 0.0487 e. The summed E-state index contributed by atoms with van der Waals surface area (Å²) in [5.74, 6) is 0. The van der Waals surface area contributed by atoms with Crippen LogP contribution in [0, 0.1) is 0 Å². The van der Waals surface area contributed by atoms with Crippen molar-refractivity contribution in [2.24, 2.45) is 0 Å². The third-order valence-corrected chi connectivity index (χ3v) is 1.22. The Labute approximate surface area is 86.7 Å². The van der Waals surface area contributed by atoms with Crippen molar-refractivity contribution in [3.05, 3.63) is 55.4 Å². The first-order chi connectivity index (χ1) is 7.50. The van der Waals surface area contributed by atoms with Crippen LogP contribution in [0.15, 0.2) is 55.4 Å². The Balaban J connectivity index is 0.000000112. The van der Waals surface area contributed by atoms with Crippen LogP contribution in [0.3, 0.4) is 0 Å². The van der Waals surface area contributed by atoms with Crippen LogP contribution in [0.2, 0.25) is 0 Å². The fourth-order valence-electron chi connectivity index (χ4n) is 0.645. The first kappa shape index (κ1) is 10.7. The summed E-state index contributed by atoms with van der Waals surface area (Å²) in [6.07, 6.45) is 10.4. The molecular weight excluding hydrogens is 192 g/mol. The Bertz CT molecular complexity index is 247. The minimum atomic E-state index is 1.69. The van der Waals surface area contributed by atoms with Gasteiger partial charge in [0, 0.05) is 37.2 Å². The van der Waals surface area contributed by atoms with E-state index in [-0.39, 0.29) is 0 Å². The molecular formula is C9H12N6. The second kappa shape index (κ2) is 8.24. The summed E-state index contributed by atoms with van der Waals surface area (Å²) in [6, 6.07) is 5.50. The van der Waals surface area contributed by atoms with Gasteiger partial charge in [-0.2, -0.15) is 15.3 Å². The highest BCUT2D eigenvalue weighted by atomic mass is 15.1. The van der Waals surface area contributed by atoms with E-state index in [9.17, 15) is 0 Å². The van der Waals surface area contributed by atoms with Gasteiger partial charge in [-0.1, -0.05) is 0 Å². The standard InChI is InChI=1S/3C3H4N2/c3*1-2-4-5-3-1/h3*1-3H,(H,4,5). The Morgan fingerprint density at radius 2 is 0.867 bits per heavy atom. The Morgan fingerprint density at radius 3 is 0.933 bits per heavy atom. The van der Waals surface area contributed by atoms with Gasteiger partial charge in [-0.3, -0.25) is 15.3 Å². The van der Waals surface area contributed by atoms with E-state index in [2.05, 4.69) is 30.6 Å². The van der Waals surface area contributed by atoms with Gasteiger partial charge in [0.1, 0.15) is 0 Å². The largest absolute Gasteiger partial charge is 0.286 e. The molecule has 0 atom stereocenters. The number of nitrogens with zero attached hydrogens (tertiary/aromatic N) is 3. The normalized spacial score (nSPS) is 8.00. The first-order valence-electron chi connectivity index (χ1n) is 4.31. The lowest BCUT2D eigenvalue weighted by molar-refractivity contribution is 1.09. The van der Waals surface area contributed by atoms with Crippen molar-refractivity contribution >= 4 is 0 Å². The molecule has 0 aliphatic carbocycles. The summed E-state index contributed by atoms with van der Waals surface area (Å²) in [5.41, 5.74) is 0. The molecule has 3 N–H and O–H groups in total. The molecule has 0 fully saturated rings. The average molecular weight is 204 g/mol. The van der Waals surface area contributed by atoms with Gasteiger partial charge < -0.3 is 0 Å². The molecule has 0 spiro atoms. The molecule has 0 unspecified atom stereocenters. The van der Waals surface area contributed by atoms with Gasteiger partial charge in [-0.15, -0.1) is 0 Å². The van der Waals surface area contributed by atoms with E-state index in [1.165, 1.54) is 0 Å². The van der Waals surface area contributed by atoms with Gasteiger partial charge in [0.15, 0.2) is 0 Å². The summed E-state index contributed by atoms with van der Waals surface area (Å²) in [7, 11) is 0. The van der Waals surface area contributed by atoms with Crippen LogP contribution >= 0.6 is 0 Å². The third kappa shape index (κ3) is 6.76. The fraction of sp³-hybridized carbons (Fsp3) is 0. The Morgan fingerprint density at radius 1 is 0.533 bits per heavy atom. The van der Waals surface area contributed by atoms with Gasteiger partial charge >= 0.3 is 0 Å². The van der Waals surface area contributed by atoms with E-state index in [1.807, 2.05) is 18.2 Å². The number of aromatic nitrogens is 6. The maximum atomic E-state index is 3.60. The van der Waals surface area contributed by atoms with Crippen LogP contribution in [-0.2, 0) is 0 Å². The number of rotatable bonds is 0. The minimum absolute atomic E-state index is 1.69. The molecule has 0 saturated heterocycles. The van der Waals surface area contributed by atoms with Crippen LogP contribution in [0.1, 0.15) is 0 Å². The molecule has 0 radical (unpaired) electrons. The van der Waals surface area contributed by atoms with Crippen molar-refractivity contribution in [1.29, 1.82) is 0 Å². The van der Waals surface area contributed by atoms with Gasteiger partial charge in [-0.25, -0.2) is 0 Å². The number of hydrogen-bond acceptors (Lipinski definition) is 3. The second-order valence-corrected chi connectivity index (χ2v) is 2.30. The smallest absolute Gasteiger partial charge is 0.0487 e. The lowest BCUT2D eigenvalue weighted by Gasteiger charge is -1.49. The van der Waals surface area contributed by atoms with Crippen LogP contribution in [0.5, 0.6) is 0 Å². The predicted molar refractivity (Wildman–Crippen MR) is 55.8 cm³/mol. The highest BCUT2D eigenvalue weighted by Gasteiger charge is 1.57. The molecule has 0 amide bonds. The van der Waals surface area contributed by atoms with E-state index >= 15 is 0 Å². The monoisotopic (exact) mass is 204 g/mol. The molecule has 6 heteroatoms. The zero-order valence-corrected chi connectivity index (χ0v) is 8.04. The molecule has 0 aliphatic heterocycles. The van der Waals surface area contributed by atoms with Crippen molar-refractivity contribution in [3.63, 3.8) is 0 Å². The molecule has 6 nitrogen and oxygen atoms in total. The topological polar surface area (TPSA) is 86.0 Å². The summed E-state index contributed by atoms with van der Waals surface area (Å²) in [5, 5.41) is 18.6. The van der Waals surface area contributed by atoms with Crippen molar-refractivity contribution in [3.8, 4) is 0 Å². The second-order valence-electron chi connectivity index (χ2n) is 2.30. The van der Waals surface area contributed by atoms with E-state index in [0.717, 1.165) is 0 Å². The van der Waals surface area contributed by atoms with Crippen molar-refractivity contribution < 1.29 is 0 Å². The molecule has 0 aromatic carbocycles. The number of H-pyrrole nitrogens is 3. The van der Waals surface area contributed by atoms with Crippen molar-refractivity contribution in [2.45, 2.75) is 0 Å². The molecule has 15 heavy (non-hydrogen) atoms. The lowest BCUT2D eigenvalue weighted by Crippen LogP contribution is -1.53. The van der Waals surface area contributed by atoms with Gasteiger partial charge in [0.25, 0.3) is 0 Å². The number of aromatic amines is 3. The van der Waals surface area contributed by atoms with Crippen molar-refractivity contribution in [1.82, 2.24) is 30.6 Å². The quantitative estimate of drug-likeness (QED) is 0.514. The van der Waals surface area contributed by atoms with Crippen molar-refractivity contribution in [2.75, 3.05) is 0 Å². The van der Waals surface area contributed by atoms with Crippen LogP contribution < -0.4 is 0 Å². The Kier molecular flexibility index (Phi) is 5.88. The van der Waals surface area contributed by atoms with E-state index in [0.29, 0.717) is 0 Å². The molecule has 3 aromatic heterocycles. The molecule has 3 heterocycles. The number of hydrogen-bond donors (Lipinski definition) is 3. The lowest BCUT2D eigenvalue weighted by atomic mass is 10.8. The average Bonchev–Trinajstić information content (AvgIpc) is 3.09. The van der Waals surface area contributed by atoms with Crippen LogP contribution in [-0.4, -0.2) is 30.6 Å². The third-order valence-electron chi connectivity index (χ3n) is 1.22. The molecule has 3 aromatic rings. The van der Waals surface area contributed by atoms with Gasteiger partial charge in [0.05, 0.1) is 0 Å². The van der Waals surface area contributed by atoms with Crippen LogP contribution in [0.4, 0.5) is 0 Å². The molecule has 0 aliphatic rings. The molecule has 0 saturated carbocycles. The molecule has 0 bridgehead atoms. The fourth-order valence-corrected chi connectivity index (χ4v) is 0.645. The summed E-state index contributed by atoms with van der Waals surface area (Å²) in [6.45, 7) is 0. The van der Waals surface area contributed by atoms with Gasteiger partial charge in [-0.05, 0) is 18.2 Å². The Hall–Kier alpha value is -2.37. The first-order valence-corrected chi connectivity index (χ1v) is 4.31. The van der Waals surface area contributed by atoms with E-state index in [1.54, 1.807) is 37.2 Å². The predicted octanol–water partition coefficient (Wildman–Crippen LogP) is 1.23. The number of nitrogens with one attached hydrogen (secondary N) is 3. The zero-order chi connectivity index (χ0) is 10.6. The highest BCUT2D eigenvalue weighted by Crippen LogP contribution is 1.65. The summed E-state index contributed by atoms with van der Waals surface area (Å²) >= 11 is 0.